The fourth-order valence-electron chi connectivity index (χ4n) is 1.59. The maximum atomic E-state index is 11.6. The second kappa shape index (κ2) is 7.74. The maximum absolute atomic E-state index is 11.6. The van der Waals surface area contributed by atoms with E-state index in [0.29, 0.717) is 12.4 Å². The van der Waals surface area contributed by atoms with Gasteiger partial charge in [-0.2, -0.15) is 5.10 Å². The van der Waals surface area contributed by atoms with Crippen molar-refractivity contribution >= 4 is 17.8 Å². The van der Waals surface area contributed by atoms with Crippen LogP contribution in [0.15, 0.2) is 52.2 Å². The Bertz CT molecular complexity index is 577. The highest BCUT2D eigenvalue weighted by Crippen LogP contribution is 2.15. The molecule has 0 aliphatic heterocycles. The molecule has 1 aromatic carbocycles. The van der Waals surface area contributed by atoms with Gasteiger partial charge in [0.05, 0.1) is 25.6 Å². The fourth-order valence-corrected chi connectivity index (χ4v) is 1.59. The van der Waals surface area contributed by atoms with Crippen molar-refractivity contribution in [1.29, 1.82) is 0 Å². The minimum atomic E-state index is -0.244. The van der Waals surface area contributed by atoms with Crippen LogP contribution in [-0.4, -0.2) is 25.3 Å². The Balaban J connectivity index is 1.73. The van der Waals surface area contributed by atoms with Gasteiger partial charge in [-0.3, -0.25) is 4.79 Å². The molecule has 6 heteroatoms. The highest BCUT2D eigenvalue weighted by Gasteiger charge is 2.00. The van der Waals surface area contributed by atoms with Crippen molar-refractivity contribution in [2.24, 2.45) is 5.10 Å². The fraction of sp³-hybridized carbons (Fsp3) is 0.200. The number of amides is 1. The molecular weight excluding hydrogens is 270 g/mol. The number of furan rings is 1. The van der Waals surface area contributed by atoms with Crippen molar-refractivity contribution in [2.75, 3.05) is 18.5 Å². The summed E-state index contributed by atoms with van der Waals surface area (Å²) in [6.45, 7) is 2.69. The van der Waals surface area contributed by atoms with Crippen LogP contribution in [0.2, 0.25) is 0 Å². The summed E-state index contributed by atoms with van der Waals surface area (Å²) < 4.78 is 10.4. The number of nitrogens with zero attached hydrogens (tertiary/aromatic N) is 1. The summed E-state index contributed by atoms with van der Waals surface area (Å²) in [5, 5.41) is 6.78. The van der Waals surface area contributed by atoms with Crippen molar-refractivity contribution < 1.29 is 13.9 Å². The molecule has 0 saturated carbocycles. The second-order valence-electron chi connectivity index (χ2n) is 4.12. The molecule has 0 radical (unpaired) electrons. The van der Waals surface area contributed by atoms with Crippen LogP contribution < -0.4 is 15.5 Å². The highest BCUT2D eigenvalue weighted by molar-refractivity contribution is 5.83. The lowest BCUT2D eigenvalue weighted by Crippen LogP contribution is -2.25. The average molecular weight is 287 g/mol. The second-order valence-corrected chi connectivity index (χ2v) is 4.12. The van der Waals surface area contributed by atoms with E-state index in [0.717, 1.165) is 11.4 Å². The number of ether oxygens (including phenoxy) is 1. The van der Waals surface area contributed by atoms with Gasteiger partial charge < -0.3 is 14.5 Å². The van der Waals surface area contributed by atoms with Gasteiger partial charge in [-0.1, -0.05) is 0 Å². The normalized spacial score (nSPS) is 10.5. The van der Waals surface area contributed by atoms with Crippen LogP contribution in [0.25, 0.3) is 0 Å². The van der Waals surface area contributed by atoms with Gasteiger partial charge >= 0.3 is 0 Å². The monoisotopic (exact) mass is 287 g/mol. The quantitative estimate of drug-likeness (QED) is 0.605. The lowest BCUT2D eigenvalue weighted by molar-refractivity contribution is -0.119. The zero-order chi connectivity index (χ0) is 14.9. The number of nitrogens with one attached hydrogen (secondary N) is 2. The number of hydrazone groups is 1. The Morgan fingerprint density at radius 2 is 2.14 bits per heavy atom. The molecule has 6 nitrogen and oxygen atoms in total. The Morgan fingerprint density at radius 1 is 1.33 bits per heavy atom. The van der Waals surface area contributed by atoms with Crippen molar-refractivity contribution in [3.63, 3.8) is 0 Å². The standard InChI is InChI=1S/C15H17N3O3/c1-2-20-13-7-5-12(6-8-13)16-11-15(19)18-17-10-14-4-3-9-21-14/h3-10,16H,2,11H2,1H3,(H,18,19). The van der Waals surface area contributed by atoms with E-state index in [9.17, 15) is 4.79 Å². The SMILES string of the molecule is CCOc1ccc(NCC(=O)NN=Cc2ccco2)cc1. The summed E-state index contributed by atoms with van der Waals surface area (Å²) in [4.78, 5) is 11.6. The first kappa shape index (κ1) is 14.6. The van der Waals surface area contributed by atoms with Crippen LogP contribution in [0, 0.1) is 0 Å². The molecule has 0 aliphatic carbocycles. The minimum absolute atomic E-state index is 0.128. The molecular formula is C15H17N3O3. The van der Waals surface area contributed by atoms with Crippen LogP contribution in [0.1, 0.15) is 12.7 Å². The van der Waals surface area contributed by atoms with E-state index in [2.05, 4.69) is 15.8 Å². The largest absolute Gasteiger partial charge is 0.494 e. The van der Waals surface area contributed by atoms with Gasteiger partial charge in [-0.15, -0.1) is 0 Å². The first-order valence-corrected chi connectivity index (χ1v) is 6.60. The van der Waals surface area contributed by atoms with Gasteiger partial charge in [0.1, 0.15) is 11.5 Å². The van der Waals surface area contributed by atoms with Gasteiger partial charge in [0, 0.05) is 5.69 Å². The molecule has 2 rings (SSSR count). The lowest BCUT2D eigenvalue weighted by atomic mass is 10.3. The van der Waals surface area contributed by atoms with E-state index in [-0.39, 0.29) is 12.5 Å². The molecule has 0 saturated heterocycles. The molecule has 0 fully saturated rings. The van der Waals surface area contributed by atoms with E-state index in [1.54, 1.807) is 12.1 Å². The summed E-state index contributed by atoms with van der Waals surface area (Å²) in [5.74, 6) is 1.14. The molecule has 110 valence electrons. The number of hydrogen-bond acceptors (Lipinski definition) is 5. The average Bonchev–Trinajstić information content (AvgIpc) is 3.00. The molecule has 21 heavy (non-hydrogen) atoms. The van der Waals surface area contributed by atoms with Crippen LogP contribution in [-0.2, 0) is 4.79 Å². The van der Waals surface area contributed by atoms with Crippen LogP contribution in [0.3, 0.4) is 0 Å². The van der Waals surface area contributed by atoms with Gasteiger partial charge in [0.2, 0.25) is 0 Å². The molecule has 2 aromatic rings. The highest BCUT2D eigenvalue weighted by atomic mass is 16.5. The Hall–Kier alpha value is -2.76. The first-order valence-electron chi connectivity index (χ1n) is 6.60. The van der Waals surface area contributed by atoms with E-state index < -0.39 is 0 Å². The summed E-state index contributed by atoms with van der Waals surface area (Å²) in [5.41, 5.74) is 3.24. The van der Waals surface area contributed by atoms with Crippen LogP contribution in [0.4, 0.5) is 5.69 Å². The maximum Gasteiger partial charge on any atom is 0.259 e. The summed E-state index contributed by atoms with van der Waals surface area (Å²) in [6, 6.07) is 10.9. The predicted octanol–water partition coefficient (Wildman–Crippen LogP) is 2.24. The lowest BCUT2D eigenvalue weighted by Gasteiger charge is -2.07. The molecule has 1 aromatic heterocycles. The number of carbonyl (C=O) groups excluding carboxylic acids is 1. The Labute approximate surface area is 122 Å². The number of anilines is 1. The number of benzene rings is 1. The van der Waals surface area contributed by atoms with Gasteiger partial charge in [0.15, 0.2) is 0 Å². The van der Waals surface area contributed by atoms with Crippen LogP contribution in [0.5, 0.6) is 5.75 Å². The zero-order valence-electron chi connectivity index (χ0n) is 11.7. The van der Waals surface area contributed by atoms with E-state index in [1.165, 1.54) is 12.5 Å². The van der Waals surface area contributed by atoms with Crippen molar-refractivity contribution in [1.82, 2.24) is 5.43 Å². The molecule has 0 bridgehead atoms. The van der Waals surface area contributed by atoms with E-state index in [1.807, 2.05) is 31.2 Å². The minimum Gasteiger partial charge on any atom is -0.494 e. The van der Waals surface area contributed by atoms with Crippen LogP contribution >= 0.6 is 0 Å². The van der Waals surface area contributed by atoms with Crippen molar-refractivity contribution in [3.05, 3.63) is 48.4 Å². The summed E-state index contributed by atoms with van der Waals surface area (Å²) >= 11 is 0. The summed E-state index contributed by atoms with van der Waals surface area (Å²) in [6.07, 6.45) is 2.98. The third kappa shape index (κ3) is 5.02. The number of rotatable bonds is 7. The Morgan fingerprint density at radius 3 is 2.81 bits per heavy atom. The van der Waals surface area contributed by atoms with E-state index in [4.69, 9.17) is 9.15 Å². The molecule has 1 amide bonds. The number of carbonyl (C=O) groups is 1. The van der Waals surface area contributed by atoms with Gasteiger partial charge in [-0.05, 0) is 43.3 Å². The molecule has 0 aliphatic rings. The van der Waals surface area contributed by atoms with Gasteiger partial charge in [-0.25, -0.2) is 5.43 Å². The molecule has 0 atom stereocenters. The third-order valence-electron chi connectivity index (χ3n) is 2.54. The van der Waals surface area contributed by atoms with Crippen molar-refractivity contribution in [2.45, 2.75) is 6.92 Å². The van der Waals surface area contributed by atoms with Gasteiger partial charge in [0.25, 0.3) is 5.91 Å². The Kier molecular flexibility index (Phi) is 5.40. The topological polar surface area (TPSA) is 75.9 Å². The number of hydrogen-bond donors (Lipinski definition) is 2. The van der Waals surface area contributed by atoms with E-state index >= 15 is 0 Å². The molecule has 0 spiro atoms. The van der Waals surface area contributed by atoms with Crippen molar-refractivity contribution in [3.8, 4) is 5.75 Å². The third-order valence-corrected chi connectivity index (χ3v) is 2.54. The smallest absolute Gasteiger partial charge is 0.259 e. The first-order chi connectivity index (χ1) is 10.3. The zero-order valence-corrected chi connectivity index (χ0v) is 11.7. The molecule has 0 unspecified atom stereocenters. The molecule has 1 heterocycles. The predicted molar refractivity (Wildman–Crippen MR) is 80.5 cm³/mol. The summed E-state index contributed by atoms with van der Waals surface area (Å²) in [7, 11) is 0. The molecule has 2 N–H and O–H groups in total.